The van der Waals surface area contributed by atoms with Gasteiger partial charge in [-0.3, -0.25) is 0 Å². The predicted octanol–water partition coefficient (Wildman–Crippen LogP) is 1.53. The highest BCUT2D eigenvalue weighted by Crippen LogP contribution is 2.19. The van der Waals surface area contributed by atoms with Crippen molar-refractivity contribution in [1.29, 1.82) is 0 Å². The van der Waals surface area contributed by atoms with Crippen LogP contribution in [-0.2, 0) is 4.74 Å². The van der Waals surface area contributed by atoms with Gasteiger partial charge in [0.05, 0.1) is 18.4 Å². The van der Waals surface area contributed by atoms with E-state index in [9.17, 15) is 0 Å². The maximum atomic E-state index is 5.64. The lowest BCUT2D eigenvalue weighted by atomic mass is 10.2. The molecule has 0 bridgehead atoms. The third-order valence-corrected chi connectivity index (χ3v) is 2.36. The number of ether oxygens (including phenoxy) is 2. The zero-order chi connectivity index (χ0) is 11.4. The summed E-state index contributed by atoms with van der Waals surface area (Å²) in [6.07, 6.45) is 0.192. The van der Waals surface area contributed by atoms with Crippen LogP contribution >= 0.6 is 0 Å². The average molecular weight is 222 g/mol. The van der Waals surface area contributed by atoms with E-state index in [1.54, 1.807) is 0 Å². The molecule has 0 spiro atoms. The first kappa shape index (κ1) is 11.4. The Morgan fingerprint density at radius 3 is 3.06 bits per heavy atom. The Balaban J connectivity index is 2.08. The predicted molar refractivity (Wildman–Crippen MR) is 61.6 cm³/mol. The van der Waals surface area contributed by atoms with Crippen molar-refractivity contribution in [3.63, 3.8) is 0 Å². The van der Waals surface area contributed by atoms with Crippen molar-refractivity contribution in [2.45, 2.75) is 26.1 Å². The van der Waals surface area contributed by atoms with Crippen LogP contribution in [0.1, 0.15) is 25.6 Å². The second-order valence-electron chi connectivity index (χ2n) is 4.13. The summed E-state index contributed by atoms with van der Waals surface area (Å²) in [5.41, 5.74) is 0.936. The normalized spacial score (nSPS) is 21.1. The Morgan fingerprint density at radius 1 is 1.50 bits per heavy atom. The molecular weight excluding hydrogens is 204 g/mol. The van der Waals surface area contributed by atoms with Crippen LogP contribution in [0.4, 0.5) is 0 Å². The summed E-state index contributed by atoms with van der Waals surface area (Å²) in [5.74, 6) is 0.668. The molecule has 0 radical (unpaired) electrons. The Morgan fingerprint density at radius 2 is 2.38 bits per heavy atom. The SMILES string of the molecule is CC(C)Oc1cccc(C2CNCCO2)n1. The van der Waals surface area contributed by atoms with Crippen molar-refractivity contribution >= 4 is 0 Å². The molecule has 1 aromatic heterocycles. The van der Waals surface area contributed by atoms with Crippen LogP contribution < -0.4 is 10.1 Å². The second-order valence-corrected chi connectivity index (χ2v) is 4.13. The van der Waals surface area contributed by atoms with Gasteiger partial charge in [0.2, 0.25) is 5.88 Å². The average Bonchev–Trinajstić information content (AvgIpc) is 2.30. The van der Waals surface area contributed by atoms with Gasteiger partial charge < -0.3 is 14.8 Å². The van der Waals surface area contributed by atoms with Crippen LogP contribution in [-0.4, -0.2) is 30.8 Å². The molecule has 1 unspecified atom stereocenters. The highest BCUT2D eigenvalue weighted by Gasteiger charge is 2.17. The fourth-order valence-electron chi connectivity index (χ4n) is 1.67. The first-order valence-electron chi connectivity index (χ1n) is 5.71. The van der Waals surface area contributed by atoms with Gasteiger partial charge in [-0.15, -0.1) is 0 Å². The molecule has 2 rings (SSSR count). The Bertz CT molecular complexity index is 336. The Kier molecular flexibility index (Phi) is 3.74. The van der Waals surface area contributed by atoms with E-state index in [0.29, 0.717) is 5.88 Å². The van der Waals surface area contributed by atoms with Crippen LogP contribution in [0.3, 0.4) is 0 Å². The van der Waals surface area contributed by atoms with Gasteiger partial charge in [0.25, 0.3) is 0 Å². The lowest BCUT2D eigenvalue weighted by molar-refractivity contribution is 0.0245. The first-order chi connectivity index (χ1) is 7.75. The van der Waals surface area contributed by atoms with E-state index in [1.165, 1.54) is 0 Å². The van der Waals surface area contributed by atoms with E-state index in [4.69, 9.17) is 9.47 Å². The van der Waals surface area contributed by atoms with Gasteiger partial charge in [0, 0.05) is 19.2 Å². The molecule has 1 N–H and O–H groups in total. The van der Waals surface area contributed by atoms with E-state index in [1.807, 2.05) is 32.0 Å². The number of nitrogens with one attached hydrogen (secondary N) is 1. The zero-order valence-electron chi connectivity index (χ0n) is 9.77. The topological polar surface area (TPSA) is 43.4 Å². The van der Waals surface area contributed by atoms with E-state index in [2.05, 4.69) is 10.3 Å². The molecule has 1 atom stereocenters. The van der Waals surface area contributed by atoms with Gasteiger partial charge >= 0.3 is 0 Å². The van der Waals surface area contributed by atoms with E-state index >= 15 is 0 Å². The Hall–Kier alpha value is -1.13. The molecule has 16 heavy (non-hydrogen) atoms. The number of aromatic nitrogens is 1. The first-order valence-corrected chi connectivity index (χ1v) is 5.71. The van der Waals surface area contributed by atoms with Crippen LogP contribution in [0, 0.1) is 0 Å². The summed E-state index contributed by atoms with van der Waals surface area (Å²) in [6.45, 7) is 6.46. The number of pyridine rings is 1. The molecule has 0 aliphatic carbocycles. The van der Waals surface area contributed by atoms with Gasteiger partial charge in [0.1, 0.15) is 6.10 Å². The van der Waals surface area contributed by atoms with Crippen molar-refractivity contribution < 1.29 is 9.47 Å². The molecule has 1 fully saturated rings. The van der Waals surface area contributed by atoms with Gasteiger partial charge in [-0.2, -0.15) is 0 Å². The Labute approximate surface area is 96.0 Å². The van der Waals surface area contributed by atoms with E-state index < -0.39 is 0 Å². The molecule has 4 nitrogen and oxygen atoms in total. The molecule has 4 heteroatoms. The minimum absolute atomic E-state index is 0.0458. The zero-order valence-corrected chi connectivity index (χ0v) is 9.77. The summed E-state index contributed by atoms with van der Waals surface area (Å²) in [5, 5.41) is 3.29. The van der Waals surface area contributed by atoms with Crippen LogP contribution in [0.2, 0.25) is 0 Å². The molecule has 0 aromatic carbocycles. The maximum Gasteiger partial charge on any atom is 0.213 e. The molecule has 1 saturated heterocycles. The van der Waals surface area contributed by atoms with Crippen molar-refractivity contribution in [1.82, 2.24) is 10.3 Å². The second kappa shape index (κ2) is 5.27. The number of morpholine rings is 1. The third kappa shape index (κ3) is 2.93. The third-order valence-electron chi connectivity index (χ3n) is 2.36. The van der Waals surface area contributed by atoms with E-state index in [-0.39, 0.29) is 12.2 Å². The number of nitrogens with zero attached hydrogens (tertiary/aromatic N) is 1. The number of rotatable bonds is 3. The van der Waals surface area contributed by atoms with Crippen LogP contribution in [0.25, 0.3) is 0 Å². The number of hydrogen-bond donors (Lipinski definition) is 1. The molecular formula is C12H18N2O2. The van der Waals surface area contributed by atoms with Gasteiger partial charge in [-0.1, -0.05) is 6.07 Å². The summed E-state index contributed by atoms with van der Waals surface area (Å²) in [4.78, 5) is 4.45. The molecule has 2 heterocycles. The number of hydrogen-bond acceptors (Lipinski definition) is 4. The van der Waals surface area contributed by atoms with Crippen molar-refractivity contribution in [3.8, 4) is 5.88 Å². The fraction of sp³-hybridized carbons (Fsp3) is 0.583. The van der Waals surface area contributed by atoms with Gasteiger partial charge in [0.15, 0.2) is 0 Å². The smallest absolute Gasteiger partial charge is 0.213 e. The molecule has 0 saturated carbocycles. The van der Waals surface area contributed by atoms with Crippen molar-refractivity contribution in [2.75, 3.05) is 19.7 Å². The summed E-state index contributed by atoms with van der Waals surface area (Å²) < 4.78 is 11.2. The van der Waals surface area contributed by atoms with Crippen LogP contribution in [0.5, 0.6) is 5.88 Å². The largest absolute Gasteiger partial charge is 0.475 e. The lowest BCUT2D eigenvalue weighted by Crippen LogP contribution is -2.33. The fourth-order valence-corrected chi connectivity index (χ4v) is 1.67. The summed E-state index contributed by atoms with van der Waals surface area (Å²) in [6, 6.07) is 5.81. The standard InChI is InChI=1S/C12H18N2O2/c1-9(2)16-12-5-3-4-10(14-12)11-8-13-6-7-15-11/h3-5,9,11,13H,6-8H2,1-2H3. The maximum absolute atomic E-state index is 5.64. The molecule has 1 aromatic rings. The monoisotopic (exact) mass is 222 g/mol. The lowest BCUT2D eigenvalue weighted by Gasteiger charge is -2.23. The highest BCUT2D eigenvalue weighted by atomic mass is 16.5. The molecule has 1 aliphatic rings. The van der Waals surface area contributed by atoms with E-state index in [0.717, 1.165) is 25.4 Å². The molecule has 88 valence electrons. The highest BCUT2D eigenvalue weighted by molar-refractivity contribution is 5.18. The minimum atomic E-state index is 0.0458. The quantitative estimate of drug-likeness (QED) is 0.842. The van der Waals surface area contributed by atoms with Crippen molar-refractivity contribution in [3.05, 3.63) is 23.9 Å². The van der Waals surface area contributed by atoms with Gasteiger partial charge in [-0.25, -0.2) is 4.98 Å². The van der Waals surface area contributed by atoms with Crippen molar-refractivity contribution in [2.24, 2.45) is 0 Å². The minimum Gasteiger partial charge on any atom is -0.475 e. The molecule has 1 aliphatic heterocycles. The summed E-state index contributed by atoms with van der Waals surface area (Å²) >= 11 is 0. The van der Waals surface area contributed by atoms with Gasteiger partial charge in [-0.05, 0) is 19.9 Å². The molecule has 0 amide bonds. The summed E-state index contributed by atoms with van der Waals surface area (Å²) in [7, 11) is 0. The van der Waals surface area contributed by atoms with Crippen LogP contribution in [0.15, 0.2) is 18.2 Å².